The molecule has 2 N–H and O–H groups in total. The van der Waals surface area contributed by atoms with E-state index in [1.54, 1.807) is 35.2 Å². The Hall–Kier alpha value is -3.76. The normalized spacial score (nSPS) is 12.9. The molecule has 0 atom stereocenters. The van der Waals surface area contributed by atoms with Gasteiger partial charge in [0.25, 0.3) is 0 Å². The number of nitrogens with zero attached hydrogens (tertiary/aromatic N) is 1. The average Bonchev–Trinajstić information content (AvgIpc) is 3.69. The fraction of sp³-hybridized carbons (Fsp3) is 0.259. The van der Waals surface area contributed by atoms with Gasteiger partial charge in [0.1, 0.15) is 16.4 Å². The summed E-state index contributed by atoms with van der Waals surface area (Å²) in [6, 6.07) is 16.9. The number of urea groups is 1. The Morgan fingerprint density at radius 1 is 1.00 bits per heavy atom. The van der Waals surface area contributed by atoms with E-state index >= 15 is 0 Å². The maximum Gasteiger partial charge on any atom is 0.339 e. The Morgan fingerprint density at radius 2 is 1.71 bits per heavy atom. The molecular formula is C27H28ClN3O6S. The molecule has 200 valence electrons. The van der Waals surface area contributed by atoms with Gasteiger partial charge in [-0.1, -0.05) is 23.7 Å². The van der Waals surface area contributed by atoms with E-state index in [1.165, 1.54) is 50.4 Å². The second-order valence-electron chi connectivity index (χ2n) is 8.95. The fourth-order valence-electron chi connectivity index (χ4n) is 3.81. The Morgan fingerprint density at radius 3 is 2.37 bits per heavy atom. The van der Waals surface area contributed by atoms with Gasteiger partial charge in [0.2, 0.25) is 5.91 Å². The lowest BCUT2D eigenvalue weighted by Crippen LogP contribution is -2.36. The lowest BCUT2D eigenvalue weighted by atomic mass is 10.2. The number of para-hydroxylation sites is 2. The van der Waals surface area contributed by atoms with Crippen molar-refractivity contribution in [2.45, 2.75) is 31.2 Å². The zero-order valence-electron chi connectivity index (χ0n) is 20.9. The number of ether oxygens (including phenoxy) is 1. The predicted molar refractivity (Wildman–Crippen MR) is 145 cm³/mol. The molecule has 0 unspecified atom stereocenters. The minimum Gasteiger partial charge on any atom is -0.495 e. The number of rotatable bonds is 10. The van der Waals surface area contributed by atoms with Crippen LogP contribution in [-0.2, 0) is 21.5 Å². The first-order valence-corrected chi connectivity index (χ1v) is 13.7. The van der Waals surface area contributed by atoms with Crippen molar-refractivity contribution in [3.8, 4) is 11.5 Å². The minimum absolute atomic E-state index is 0.0613. The summed E-state index contributed by atoms with van der Waals surface area (Å²) in [6.45, 7) is 1.92. The number of carbonyl (C=O) groups excluding carboxylic acids is 2. The quantitative estimate of drug-likeness (QED) is 0.317. The Kier molecular flexibility index (Phi) is 8.43. The maximum absolute atomic E-state index is 13.3. The molecule has 1 aliphatic rings. The Bertz CT molecular complexity index is 1420. The first-order chi connectivity index (χ1) is 18.1. The fourth-order valence-corrected chi connectivity index (χ4v) is 4.97. The molecule has 3 amide bonds. The molecule has 9 nitrogen and oxygen atoms in total. The molecule has 1 saturated carbocycles. The smallest absolute Gasteiger partial charge is 0.339 e. The molecule has 0 bridgehead atoms. The van der Waals surface area contributed by atoms with E-state index in [4.69, 9.17) is 20.5 Å². The van der Waals surface area contributed by atoms with Crippen molar-refractivity contribution in [2.24, 2.45) is 5.92 Å². The highest BCUT2D eigenvalue weighted by molar-refractivity contribution is 7.87. The molecule has 1 fully saturated rings. The van der Waals surface area contributed by atoms with Crippen LogP contribution in [0.1, 0.15) is 25.3 Å². The highest BCUT2D eigenvalue weighted by atomic mass is 35.5. The molecule has 0 aliphatic heterocycles. The van der Waals surface area contributed by atoms with Gasteiger partial charge in [0, 0.05) is 29.7 Å². The van der Waals surface area contributed by atoms with Gasteiger partial charge < -0.3 is 24.5 Å². The van der Waals surface area contributed by atoms with Crippen LogP contribution in [0.4, 0.5) is 16.2 Å². The van der Waals surface area contributed by atoms with E-state index in [2.05, 4.69) is 10.6 Å². The third-order valence-corrected chi connectivity index (χ3v) is 7.34. The molecule has 4 rings (SSSR count). The third kappa shape index (κ3) is 7.17. The highest BCUT2D eigenvalue weighted by Crippen LogP contribution is 2.33. The zero-order valence-corrected chi connectivity index (χ0v) is 22.5. The van der Waals surface area contributed by atoms with Crippen molar-refractivity contribution < 1.29 is 26.9 Å². The molecule has 3 aromatic rings. The lowest BCUT2D eigenvalue weighted by molar-refractivity contribution is -0.114. The summed E-state index contributed by atoms with van der Waals surface area (Å²) in [6.07, 6.45) is 2.03. The topological polar surface area (TPSA) is 114 Å². The number of nitrogens with one attached hydrogen (secondary N) is 2. The standard InChI is InChI=1S/C27H28ClN3O6S/c1-18(32)29-22-10-12-23(13-11-22)38(34,35)37-25-14-9-21(28)15-20(25)17-31(16-19-7-8-19)27(33)30-24-5-3-4-6-26(24)36-2/h3-6,9-15,19H,7-8,16-17H2,1-2H3,(H,29,32)(H,30,33). The molecule has 0 aromatic heterocycles. The summed E-state index contributed by atoms with van der Waals surface area (Å²) in [4.78, 5) is 26.1. The van der Waals surface area contributed by atoms with Crippen LogP contribution >= 0.6 is 11.6 Å². The van der Waals surface area contributed by atoms with Crippen LogP contribution < -0.4 is 19.6 Å². The van der Waals surface area contributed by atoms with Crippen LogP contribution in [0.2, 0.25) is 5.02 Å². The van der Waals surface area contributed by atoms with Crippen LogP contribution in [0.15, 0.2) is 71.6 Å². The summed E-state index contributed by atoms with van der Waals surface area (Å²) in [5, 5.41) is 5.84. The van der Waals surface area contributed by atoms with Gasteiger partial charge >= 0.3 is 16.1 Å². The van der Waals surface area contributed by atoms with Crippen molar-refractivity contribution in [3.63, 3.8) is 0 Å². The molecule has 0 spiro atoms. The monoisotopic (exact) mass is 557 g/mol. The molecule has 1 aliphatic carbocycles. The Balaban J connectivity index is 1.56. The Labute approximate surface area is 226 Å². The number of benzene rings is 3. The SMILES string of the molecule is COc1ccccc1NC(=O)N(Cc1cc(Cl)ccc1OS(=O)(=O)c1ccc(NC(C)=O)cc1)CC1CC1. The molecule has 38 heavy (non-hydrogen) atoms. The van der Waals surface area contributed by atoms with Crippen LogP contribution in [0, 0.1) is 5.92 Å². The van der Waals surface area contributed by atoms with Crippen molar-refractivity contribution in [2.75, 3.05) is 24.3 Å². The first kappa shape index (κ1) is 27.3. The van der Waals surface area contributed by atoms with E-state index in [-0.39, 0.29) is 29.1 Å². The van der Waals surface area contributed by atoms with Crippen LogP contribution in [-0.4, -0.2) is 38.9 Å². The van der Waals surface area contributed by atoms with Crippen LogP contribution in [0.25, 0.3) is 0 Å². The summed E-state index contributed by atoms with van der Waals surface area (Å²) in [5.41, 5.74) is 1.42. The van der Waals surface area contributed by atoms with Crippen molar-refractivity contribution in [3.05, 3.63) is 77.3 Å². The summed E-state index contributed by atoms with van der Waals surface area (Å²) in [7, 11) is -2.69. The maximum atomic E-state index is 13.3. The highest BCUT2D eigenvalue weighted by Gasteiger charge is 2.29. The molecule has 0 radical (unpaired) electrons. The van der Waals surface area contributed by atoms with Gasteiger partial charge in [-0.05, 0) is 73.4 Å². The van der Waals surface area contributed by atoms with Gasteiger partial charge in [-0.15, -0.1) is 0 Å². The number of anilines is 2. The minimum atomic E-state index is -4.21. The second-order valence-corrected chi connectivity index (χ2v) is 10.9. The molecule has 11 heteroatoms. The van der Waals surface area contributed by atoms with Gasteiger partial charge in [-0.3, -0.25) is 4.79 Å². The van der Waals surface area contributed by atoms with E-state index in [0.29, 0.717) is 40.2 Å². The predicted octanol–water partition coefficient (Wildman–Crippen LogP) is 5.52. The second kappa shape index (κ2) is 11.7. The van der Waals surface area contributed by atoms with Gasteiger partial charge in [0.05, 0.1) is 19.3 Å². The van der Waals surface area contributed by atoms with Crippen LogP contribution in [0.5, 0.6) is 11.5 Å². The molecule has 0 saturated heterocycles. The van der Waals surface area contributed by atoms with E-state index in [1.807, 2.05) is 0 Å². The number of halogens is 1. The number of amides is 3. The van der Waals surface area contributed by atoms with Gasteiger partial charge in [-0.25, -0.2) is 4.79 Å². The van der Waals surface area contributed by atoms with Crippen molar-refractivity contribution in [1.82, 2.24) is 4.90 Å². The molecule has 0 heterocycles. The first-order valence-electron chi connectivity index (χ1n) is 11.9. The molecular weight excluding hydrogens is 530 g/mol. The number of carbonyl (C=O) groups is 2. The van der Waals surface area contributed by atoms with E-state index < -0.39 is 10.1 Å². The van der Waals surface area contributed by atoms with Gasteiger partial charge in [0.15, 0.2) is 0 Å². The largest absolute Gasteiger partial charge is 0.495 e. The third-order valence-electron chi connectivity index (χ3n) is 5.86. The van der Waals surface area contributed by atoms with Crippen molar-refractivity contribution >= 4 is 45.0 Å². The lowest BCUT2D eigenvalue weighted by Gasteiger charge is -2.25. The number of hydrogen-bond acceptors (Lipinski definition) is 6. The zero-order chi connectivity index (χ0) is 27.3. The summed E-state index contributed by atoms with van der Waals surface area (Å²) < 4.78 is 36.9. The van der Waals surface area contributed by atoms with Gasteiger partial charge in [-0.2, -0.15) is 8.42 Å². The number of methoxy groups -OCH3 is 1. The van der Waals surface area contributed by atoms with E-state index in [0.717, 1.165) is 12.8 Å². The summed E-state index contributed by atoms with van der Waals surface area (Å²) in [5.74, 6) is 0.682. The van der Waals surface area contributed by atoms with Crippen molar-refractivity contribution in [1.29, 1.82) is 0 Å². The van der Waals surface area contributed by atoms with E-state index in [9.17, 15) is 18.0 Å². The summed E-state index contributed by atoms with van der Waals surface area (Å²) >= 11 is 6.24. The number of hydrogen-bond donors (Lipinski definition) is 2. The molecule has 3 aromatic carbocycles. The van der Waals surface area contributed by atoms with Crippen LogP contribution in [0.3, 0.4) is 0 Å². The average molecular weight is 558 g/mol.